The fraction of sp³-hybridized carbons (Fsp3) is 0.385. The van der Waals surface area contributed by atoms with E-state index in [0.717, 1.165) is 43.3 Å². The van der Waals surface area contributed by atoms with E-state index in [-0.39, 0.29) is 17.9 Å². The summed E-state index contributed by atoms with van der Waals surface area (Å²) in [6, 6.07) is 13.0. The van der Waals surface area contributed by atoms with Crippen LogP contribution in [0, 0.1) is 6.92 Å². The van der Waals surface area contributed by atoms with Gasteiger partial charge in [0.05, 0.1) is 31.5 Å². The van der Waals surface area contributed by atoms with Gasteiger partial charge in [-0.1, -0.05) is 12.1 Å². The summed E-state index contributed by atoms with van der Waals surface area (Å²) >= 11 is 0. The smallest absolute Gasteiger partial charge is 0.254 e. The number of nitrogens with one attached hydrogen (secondary N) is 1. The Bertz CT molecular complexity index is 1200. The molecule has 182 valence electrons. The number of imidazole rings is 1. The molecule has 0 unspecified atom stereocenters. The number of likely N-dealkylation sites (tertiary alicyclic amines) is 1. The van der Waals surface area contributed by atoms with E-state index in [1.807, 2.05) is 52.9 Å². The minimum absolute atomic E-state index is 0.0530. The third kappa shape index (κ3) is 5.26. The second-order valence-corrected chi connectivity index (χ2v) is 8.94. The van der Waals surface area contributed by atoms with Gasteiger partial charge in [-0.3, -0.25) is 19.1 Å². The topological polar surface area (TPSA) is 92.6 Å². The SMILES string of the molecule is Cc1nccn1-c1cccc([C@@H]2CCCN2C(=O)c2cccc(NC(=O)CN3CCOCC3)c2)n1. The first kappa shape index (κ1) is 23.2. The Balaban J connectivity index is 1.29. The van der Waals surface area contributed by atoms with Crippen molar-refractivity contribution >= 4 is 17.5 Å². The van der Waals surface area contributed by atoms with Gasteiger partial charge in [-0.15, -0.1) is 0 Å². The monoisotopic (exact) mass is 474 g/mol. The van der Waals surface area contributed by atoms with Crippen LogP contribution in [0.2, 0.25) is 0 Å². The minimum Gasteiger partial charge on any atom is -0.379 e. The van der Waals surface area contributed by atoms with Gasteiger partial charge in [-0.25, -0.2) is 9.97 Å². The van der Waals surface area contributed by atoms with Crippen molar-refractivity contribution in [3.63, 3.8) is 0 Å². The fourth-order valence-corrected chi connectivity index (χ4v) is 4.76. The standard InChI is InChI=1S/C26H30N6O3/c1-19-27-10-12-31(19)24-9-3-7-22(29-24)23-8-4-11-32(23)26(34)20-5-2-6-21(17-20)28-25(33)18-30-13-15-35-16-14-30/h2-3,5-7,9-10,12,17,23H,4,8,11,13-16,18H2,1H3,(H,28,33)/t23-/m0/s1. The molecule has 1 atom stereocenters. The second kappa shape index (κ2) is 10.4. The molecule has 2 aliphatic heterocycles. The Morgan fingerprint density at radius 1 is 1.11 bits per heavy atom. The molecular formula is C26H30N6O3. The van der Waals surface area contributed by atoms with Gasteiger partial charge in [-0.05, 0) is 50.1 Å². The molecule has 0 saturated carbocycles. The summed E-state index contributed by atoms with van der Waals surface area (Å²) < 4.78 is 7.28. The summed E-state index contributed by atoms with van der Waals surface area (Å²) in [6.45, 7) is 5.71. The highest BCUT2D eigenvalue weighted by molar-refractivity contribution is 5.98. The molecule has 0 radical (unpaired) electrons. The van der Waals surface area contributed by atoms with Crippen molar-refractivity contribution in [3.05, 3.63) is 71.9 Å². The van der Waals surface area contributed by atoms with Crippen molar-refractivity contribution in [2.45, 2.75) is 25.8 Å². The Morgan fingerprint density at radius 2 is 1.94 bits per heavy atom. The van der Waals surface area contributed by atoms with E-state index in [2.05, 4.69) is 15.2 Å². The number of hydrogen-bond acceptors (Lipinski definition) is 6. The van der Waals surface area contributed by atoms with Crippen LogP contribution in [0.4, 0.5) is 5.69 Å². The largest absolute Gasteiger partial charge is 0.379 e. The number of ether oxygens (including phenoxy) is 1. The van der Waals surface area contributed by atoms with E-state index in [4.69, 9.17) is 9.72 Å². The van der Waals surface area contributed by atoms with E-state index >= 15 is 0 Å². The maximum Gasteiger partial charge on any atom is 0.254 e. The van der Waals surface area contributed by atoms with Gasteiger partial charge >= 0.3 is 0 Å². The zero-order valence-corrected chi connectivity index (χ0v) is 19.9. The molecule has 2 aromatic heterocycles. The third-order valence-electron chi connectivity index (χ3n) is 6.55. The van der Waals surface area contributed by atoms with Gasteiger partial charge in [0.1, 0.15) is 11.6 Å². The average molecular weight is 475 g/mol. The number of aryl methyl sites for hydroxylation is 1. The van der Waals surface area contributed by atoms with Crippen LogP contribution in [0.1, 0.15) is 40.8 Å². The zero-order valence-electron chi connectivity index (χ0n) is 19.9. The molecule has 2 saturated heterocycles. The number of rotatable bonds is 6. The molecule has 1 aromatic carbocycles. The van der Waals surface area contributed by atoms with E-state index in [1.54, 1.807) is 18.3 Å². The first-order chi connectivity index (χ1) is 17.1. The Labute approximate surface area is 204 Å². The van der Waals surface area contributed by atoms with Crippen LogP contribution in [-0.4, -0.2) is 75.5 Å². The van der Waals surface area contributed by atoms with Crippen molar-refractivity contribution in [1.82, 2.24) is 24.3 Å². The second-order valence-electron chi connectivity index (χ2n) is 8.94. The van der Waals surface area contributed by atoms with Crippen molar-refractivity contribution in [1.29, 1.82) is 0 Å². The van der Waals surface area contributed by atoms with Crippen molar-refractivity contribution in [2.75, 3.05) is 44.7 Å². The highest BCUT2D eigenvalue weighted by Crippen LogP contribution is 2.33. The molecule has 0 bridgehead atoms. The zero-order chi connectivity index (χ0) is 24.2. The third-order valence-corrected chi connectivity index (χ3v) is 6.55. The van der Waals surface area contributed by atoms with E-state index < -0.39 is 0 Å². The summed E-state index contributed by atoms with van der Waals surface area (Å²) in [4.78, 5) is 39.1. The molecule has 4 heterocycles. The Kier molecular flexibility index (Phi) is 6.87. The number of pyridine rings is 1. The minimum atomic E-state index is -0.0918. The Morgan fingerprint density at radius 3 is 2.74 bits per heavy atom. The number of morpholine rings is 1. The molecule has 35 heavy (non-hydrogen) atoms. The molecule has 2 amide bonds. The quantitative estimate of drug-likeness (QED) is 0.591. The van der Waals surface area contributed by atoms with Crippen LogP contribution >= 0.6 is 0 Å². The first-order valence-corrected chi connectivity index (χ1v) is 12.1. The van der Waals surface area contributed by atoms with Gasteiger partial charge in [-0.2, -0.15) is 0 Å². The van der Waals surface area contributed by atoms with Crippen LogP contribution in [0.25, 0.3) is 5.82 Å². The predicted octanol–water partition coefficient (Wildman–Crippen LogP) is 2.82. The molecule has 2 aliphatic rings. The van der Waals surface area contributed by atoms with Crippen molar-refractivity contribution in [2.24, 2.45) is 0 Å². The number of nitrogens with zero attached hydrogens (tertiary/aromatic N) is 5. The molecule has 0 spiro atoms. The highest BCUT2D eigenvalue weighted by atomic mass is 16.5. The average Bonchev–Trinajstić information content (AvgIpc) is 3.54. The van der Waals surface area contributed by atoms with Gasteiger partial charge in [0.2, 0.25) is 5.91 Å². The van der Waals surface area contributed by atoms with Gasteiger partial charge < -0.3 is 15.0 Å². The van der Waals surface area contributed by atoms with Crippen LogP contribution in [0.3, 0.4) is 0 Å². The summed E-state index contributed by atoms with van der Waals surface area (Å²) in [7, 11) is 0. The fourth-order valence-electron chi connectivity index (χ4n) is 4.76. The lowest BCUT2D eigenvalue weighted by Crippen LogP contribution is -2.41. The summed E-state index contributed by atoms with van der Waals surface area (Å²) in [5.41, 5.74) is 2.06. The molecule has 3 aromatic rings. The molecule has 9 heteroatoms. The van der Waals surface area contributed by atoms with E-state index in [0.29, 0.717) is 37.6 Å². The van der Waals surface area contributed by atoms with Crippen molar-refractivity contribution in [3.8, 4) is 5.82 Å². The number of carbonyl (C=O) groups excluding carboxylic acids is 2. The van der Waals surface area contributed by atoms with Gasteiger partial charge in [0.15, 0.2) is 0 Å². The van der Waals surface area contributed by atoms with Crippen LogP contribution in [0.15, 0.2) is 54.9 Å². The van der Waals surface area contributed by atoms with Gasteiger partial charge in [0, 0.05) is 43.3 Å². The predicted molar refractivity (Wildman–Crippen MR) is 131 cm³/mol. The summed E-state index contributed by atoms with van der Waals surface area (Å²) in [6.07, 6.45) is 5.42. The number of amides is 2. The van der Waals surface area contributed by atoms with Crippen LogP contribution in [0.5, 0.6) is 0 Å². The summed E-state index contributed by atoms with van der Waals surface area (Å²) in [5, 5.41) is 2.93. The molecule has 0 aliphatic carbocycles. The van der Waals surface area contributed by atoms with Crippen LogP contribution < -0.4 is 5.32 Å². The number of aromatic nitrogens is 3. The maximum atomic E-state index is 13.5. The number of carbonyl (C=O) groups is 2. The summed E-state index contributed by atoms with van der Waals surface area (Å²) in [5.74, 6) is 1.51. The van der Waals surface area contributed by atoms with E-state index in [1.165, 1.54) is 0 Å². The lowest BCUT2D eigenvalue weighted by atomic mass is 10.1. The van der Waals surface area contributed by atoms with Crippen LogP contribution in [-0.2, 0) is 9.53 Å². The van der Waals surface area contributed by atoms with E-state index in [9.17, 15) is 9.59 Å². The number of benzene rings is 1. The lowest BCUT2D eigenvalue weighted by Gasteiger charge is -2.26. The maximum absolute atomic E-state index is 13.5. The molecular weight excluding hydrogens is 444 g/mol. The normalized spacial score (nSPS) is 18.5. The molecule has 9 nitrogen and oxygen atoms in total. The van der Waals surface area contributed by atoms with Crippen molar-refractivity contribution < 1.29 is 14.3 Å². The first-order valence-electron chi connectivity index (χ1n) is 12.1. The number of anilines is 1. The molecule has 5 rings (SSSR count). The highest BCUT2D eigenvalue weighted by Gasteiger charge is 2.32. The lowest BCUT2D eigenvalue weighted by molar-refractivity contribution is -0.118. The number of hydrogen-bond donors (Lipinski definition) is 1. The molecule has 2 fully saturated rings. The Hall–Kier alpha value is -3.56. The van der Waals surface area contributed by atoms with Gasteiger partial charge in [0.25, 0.3) is 5.91 Å². The molecule has 1 N–H and O–H groups in total.